The Bertz CT molecular complexity index is 1150. The maximum absolute atomic E-state index is 13.3. The molecule has 0 atom stereocenters. The van der Waals surface area contributed by atoms with Gasteiger partial charge in [0, 0.05) is 26.2 Å². The van der Waals surface area contributed by atoms with Gasteiger partial charge in [-0.15, -0.1) is 0 Å². The van der Waals surface area contributed by atoms with Crippen LogP contribution < -0.4 is 14.8 Å². The van der Waals surface area contributed by atoms with Crippen LogP contribution >= 0.6 is 0 Å². The van der Waals surface area contributed by atoms with E-state index in [1.54, 1.807) is 47.7 Å². The van der Waals surface area contributed by atoms with E-state index in [1.165, 1.54) is 0 Å². The Morgan fingerprint density at radius 3 is 2.21 bits per heavy atom. The van der Waals surface area contributed by atoms with Gasteiger partial charge in [-0.1, -0.05) is 18.2 Å². The number of amides is 2. The molecule has 2 aliphatic rings. The van der Waals surface area contributed by atoms with Gasteiger partial charge >= 0.3 is 6.03 Å². The van der Waals surface area contributed by atoms with Crippen molar-refractivity contribution in [2.24, 2.45) is 5.41 Å². The molecule has 2 aromatic carbocycles. The summed E-state index contributed by atoms with van der Waals surface area (Å²) >= 11 is 0. The van der Waals surface area contributed by atoms with Crippen LogP contribution in [0, 0.1) is 19.3 Å². The predicted molar refractivity (Wildman–Crippen MR) is 131 cm³/mol. The molecular formula is C25H33N3O5S. The highest BCUT2D eigenvalue weighted by atomic mass is 32.2. The number of anilines is 1. The number of benzene rings is 2. The number of carbonyl (C=O) groups is 1. The minimum Gasteiger partial charge on any atom is -0.494 e. The number of para-hydroxylation sites is 1. The summed E-state index contributed by atoms with van der Waals surface area (Å²) in [6.07, 6.45) is 2.33. The Kier molecular flexibility index (Phi) is 6.78. The molecule has 2 fully saturated rings. The van der Waals surface area contributed by atoms with Crippen LogP contribution in [0.3, 0.4) is 0 Å². The predicted octanol–water partition coefficient (Wildman–Crippen LogP) is 4.03. The second-order valence-electron chi connectivity index (χ2n) is 9.31. The van der Waals surface area contributed by atoms with Gasteiger partial charge < -0.3 is 19.7 Å². The number of piperidine rings is 1. The number of hydrogen-bond acceptors (Lipinski definition) is 5. The summed E-state index contributed by atoms with van der Waals surface area (Å²) in [4.78, 5) is 15.2. The average Bonchev–Trinajstić information content (AvgIpc) is 3.24. The number of methoxy groups -OCH3 is 2. The lowest BCUT2D eigenvalue weighted by atomic mass is 9.78. The van der Waals surface area contributed by atoms with Crippen LogP contribution in [0.15, 0.2) is 41.3 Å². The van der Waals surface area contributed by atoms with Crippen molar-refractivity contribution in [3.63, 3.8) is 0 Å². The molecule has 2 amide bonds. The minimum atomic E-state index is -3.53. The van der Waals surface area contributed by atoms with Gasteiger partial charge in [-0.2, -0.15) is 4.31 Å². The number of sulfonamides is 1. The first-order chi connectivity index (χ1) is 16.2. The largest absolute Gasteiger partial charge is 0.494 e. The van der Waals surface area contributed by atoms with Crippen LogP contribution in [0.5, 0.6) is 11.5 Å². The van der Waals surface area contributed by atoms with E-state index in [2.05, 4.69) is 5.32 Å². The second kappa shape index (κ2) is 9.46. The quantitative estimate of drug-likeness (QED) is 0.688. The van der Waals surface area contributed by atoms with E-state index in [4.69, 9.17) is 9.47 Å². The standard InChI is InChI=1S/C25H33N3O5S/c1-18-8-9-19(2)22(16-18)34(30,31)28-14-11-25(12-15-28)10-13-27(17-25)24(29)26-23-20(32-3)6-5-7-21(23)33-4/h5-9,16H,10-15,17H2,1-4H3,(H,26,29). The zero-order valence-corrected chi connectivity index (χ0v) is 21.1. The average molecular weight is 488 g/mol. The number of nitrogens with zero attached hydrogens (tertiary/aromatic N) is 2. The fourth-order valence-corrected chi connectivity index (χ4v) is 6.75. The molecule has 184 valence electrons. The lowest BCUT2D eigenvalue weighted by Gasteiger charge is -2.38. The third-order valence-electron chi connectivity index (χ3n) is 7.13. The second-order valence-corrected chi connectivity index (χ2v) is 11.2. The Morgan fingerprint density at radius 1 is 0.971 bits per heavy atom. The van der Waals surface area contributed by atoms with Gasteiger partial charge in [-0.25, -0.2) is 13.2 Å². The molecule has 4 rings (SSSR count). The maximum Gasteiger partial charge on any atom is 0.322 e. The fraction of sp³-hybridized carbons (Fsp3) is 0.480. The number of ether oxygens (including phenoxy) is 2. The van der Waals surface area contributed by atoms with E-state index in [9.17, 15) is 13.2 Å². The van der Waals surface area contributed by atoms with Crippen molar-refractivity contribution < 1.29 is 22.7 Å². The molecule has 0 unspecified atom stereocenters. The Balaban J connectivity index is 1.42. The van der Waals surface area contributed by atoms with E-state index in [1.807, 2.05) is 26.0 Å². The number of carbonyl (C=O) groups excluding carboxylic acids is 1. The van der Waals surface area contributed by atoms with Crippen LogP contribution in [-0.2, 0) is 10.0 Å². The number of nitrogens with one attached hydrogen (secondary N) is 1. The number of aryl methyl sites for hydroxylation is 2. The Labute approximate surface area is 201 Å². The molecule has 0 saturated carbocycles. The molecule has 2 saturated heterocycles. The molecule has 8 nitrogen and oxygen atoms in total. The topological polar surface area (TPSA) is 88.2 Å². The van der Waals surface area contributed by atoms with Crippen LogP contribution in [0.1, 0.15) is 30.4 Å². The lowest BCUT2D eigenvalue weighted by molar-refractivity contribution is 0.158. The third-order valence-corrected chi connectivity index (χ3v) is 9.17. The normalized spacial score (nSPS) is 18.2. The molecule has 0 radical (unpaired) electrons. The monoisotopic (exact) mass is 487 g/mol. The zero-order chi connectivity index (χ0) is 24.5. The van der Waals surface area contributed by atoms with Gasteiger partial charge in [0.2, 0.25) is 10.0 Å². The van der Waals surface area contributed by atoms with Crippen molar-refractivity contribution in [2.45, 2.75) is 38.0 Å². The number of likely N-dealkylation sites (tertiary alicyclic amines) is 1. The first-order valence-electron chi connectivity index (χ1n) is 11.5. The highest BCUT2D eigenvalue weighted by Crippen LogP contribution is 2.42. The van der Waals surface area contributed by atoms with Gasteiger partial charge in [0.05, 0.1) is 19.1 Å². The van der Waals surface area contributed by atoms with Crippen molar-refractivity contribution in [2.75, 3.05) is 45.7 Å². The highest BCUT2D eigenvalue weighted by molar-refractivity contribution is 7.89. The number of rotatable bonds is 5. The summed E-state index contributed by atoms with van der Waals surface area (Å²) in [6, 6.07) is 10.7. The van der Waals surface area contributed by atoms with Crippen molar-refractivity contribution >= 4 is 21.7 Å². The summed E-state index contributed by atoms with van der Waals surface area (Å²) in [5, 5.41) is 2.94. The summed E-state index contributed by atoms with van der Waals surface area (Å²) in [7, 11) is -0.433. The molecule has 2 heterocycles. The molecule has 0 aliphatic carbocycles. The first-order valence-corrected chi connectivity index (χ1v) is 13.0. The van der Waals surface area contributed by atoms with Gasteiger partial charge in [0.1, 0.15) is 17.2 Å². The molecule has 0 aromatic heterocycles. The first kappa shape index (κ1) is 24.3. The van der Waals surface area contributed by atoms with E-state index in [0.29, 0.717) is 48.3 Å². The van der Waals surface area contributed by atoms with Crippen molar-refractivity contribution in [1.82, 2.24) is 9.21 Å². The van der Waals surface area contributed by atoms with Crippen molar-refractivity contribution in [3.05, 3.63) is 47.5 Å². The van der Waals surface area contributed by atoms with Gasteiger partial charge in [0.15, 0.2) is 0 Å². The number of urea groups is 1. The molecule has 2 aliphatic heterocycles. The zero-order valence-electron chi connectivity index (χ0n) is 20.3. The smallest absolute Gasteiger partial charge is 0.322 e. The third kappa shape index (κ3) is 4.59. The van der Waals surface area contributed by atoms with Gasteiger partial charge in [0.25, 0.3) is 0 Å². The molecular weight excluding hydrogens is 454 g/mol. The van der Waals surface area contributed by atoms with Crippen molar-refractivity contribution in [3.8, 4) is 11.5 Å². The number of hydrogen-bond donors (Lipinski definition) is 1. The SMILES string of the molecule is COc1cccc(OC)c1NC(=O)N1CCC2(CCN(S(=O)(=O)c3cc(C)ccc3C)CC2)C1. The van der Waals surface area contributed by atoms with Crippen LogP contribution in [0.25, 0.3) is 0 Å². The van der Waals surface area contributed by atoms with E-state index >= 15 is 0 Å². The fourth-order valence-electron chi connectivity index (χ4n) is 5.00. The van der Waals surface area contributed by atoms with E-state index in [0.717, 1.165) is 30.4 Å². The summed E-state index contributed by atoms with van der Waals surface area (Å²) < 4.78 is 38.9. The molecule has 1 spiro atoms. The molecule has 34 heavy (non-hydrogen) atoms. The van der Waals surface area contributed by atoms with Crippen molar-refractivity contribution in [1.29, 1.82) is 0 Å². The van der Waals surface area contributed by atoms with E-state index < -0.39 is 10.0 Å². The van der Waals surface area contributed by atoms with E-state index in [-0.39, 0.29) is 11.4 Å². The maximum atomic E-state index is 13.3. The molecule has 2 aromatic rings. The highest BCUT2D eigenvalue weighted by Gasteiger charge is 2.44. The summed E-state index contributed by atoms with van der Waals surface area (Å²) in [5.41, 5.74) is 2.15. The van der Waals surface area contributed by atoms with Gasteiger partial charge in [-0.05, 0) is 67.9 Å². The molecule has 1 N–H and O–H groups in total. The summed E-state index contributed by atoms with van der Waals surface area (Å²) in [6.45, 7) is 5.90. The van der Waals surface area contributed by atoms with Crippen LogP contribution in [0.4, 0.5) is 10.5 Å². The molecule has 9 heteroatoms. The van der Waals surface area contributed by atoms with Crippen LogP contribution in [-0.4, -0.2) is 64.1 Å². The Hall–Kier alpha value is -2.78. The van der Waals surface area contributed by atoms with Crippen LogP contribution in [0.2, 0.25) is 0 Å². The summed E-state index contributed by atoms with van der Waals surface area (Å²) in [5.74, 6) is 1.07. The minimum absolute atomic E-state index is 0.0597. The molecule has 0 bridgehead atoms. The van der Waals surface area contributed by atoms with Gasteiger partial charge in [-0.3, -0.25) is 0 Å². The Morgan fingerprint density at radius 2 is 1.59 bits per heavy atom. The lowest BCUT2D eigenvalue weighted by Crippen LogP contribution is -2.45.